The third kappa shape index (κ3) is 6.62. The summed E-state index contributed by atoms with van der Waals surface area (Å²) in [7, 11) is 0. The highest BCUT2D eigenvalue weighted by Crippen LogP contribution is 2.28. The SMILES string of the molecule is CCOC(C)N(OC(=O)OC(C)(C)C)[C@@H](c1ccccc1)[C@@H](O)C(=O)O. The molecule has 1 unspecified atom stereocenters. The van der Waals surface area contributed by atoms with Crippen LogP contribution in [0.15, 0.2) is 30.3 Å². The van der Waals surface area contributed by atoms with Crippen LogP contribution in [0.25, 0.3) is 0 Å². The highest BCUT2D eigenvalue weighted by molar-refractivity contribution is 5.73. The maximum Gasteiger partial charge on any atom is 0.528 e. The number of hydrogen-bond acceptors (Lipinski definition) is 7. The normalized spacial score (nSPS) is 15.2. The van der Waals surface area contributed by atoms with E-state index in [1.807, 2.05) is 0 Å². The molecular weight excluding hydrogens is 342 g/mol. The van der Waals surface area contributed by atoms with Gasteiger partial charge < -0.3 is 24.5 Å². The maximum atomic E-state index is 12.1. The van der Waals surface area contributed by atoms with Crippen molar-refractivity contribution in [1.82, 2.24) is 5.06 Å². The molecule has 1 rings (SSSR count). The molecule has 26 heavy (non-hydrogen) atoms. The first-order valence-electron chi connectivity index (χ1n) is 8.33. The zero-order valence-electron chi connectivity index (χ0n) is 15.7. The molecular formula is C18H27NO7. The molecule has 146 valence electrons. The lowest BCUT2D eigenvalue weighted by molar-refractivity contribution is -0.260. The van der Waals surface area contributed by atoms with Crippen molar-refractivity contribution < 1.29 is 34.1 Å². The van der Waals surface area contributed by atoms with Gasteiger partial charge in [0.1, 0.15) is 17.9 Å². The monoisotopic (exact) mass is 369 g/mol. The molecule has 0 spiro atoms. The van der Waals surface area contributed by atoms with Gasteiger partial charge in [-0.15, -0.1) is 0 Å². The fourth-order valence-electron chi connectivity index (χ4n) is 2.28. The number of nitrogens with zero attached hydrogens (tertiary/aromatic N) is 1. The molecule has 0 aromatic heterocycles. The molecule has 0 radical (unpaired) electrons. The minimum atomic E-state index is -1.86. The first kappa shape index (κ1) is 21.9. The third-order valence-electron chi connectivity index (χ3n) is 3.30. The van der Waals surface area contributed by atoms with Gasteiger partial charge in [-0.25, -0.2) is 9.59 Å². The van der Waals surface area contributed by atoms with E-state index in [-0.39, 0.29) is 0 Å². The number of aliphatic hydroxyl groups is 1. The number of aliphatic hydroxyl groups excluding tert-OH is 1. The Balaban J connectivity index is 3.24. The van der Waals surface area contributed by atoms with Gasteiger partial charge in [-0.05, 0) is 40.2 Å². The highest BCUT2D eigenvalue weighted by Gasteiger charge is 2.39. The summed E-state index contributed by atoms with van der Waals surface area (Å²) < 4.78 is 10.6. The van der Waals surface area contributed by atoms with E-state index in [4.69, 9.17) is 14.3 Å². The standard InChI is InChI=1S/C18H27NO7/c1-6-24-12(2)19(26-17(23)25-18(3,4)5)14(15(20)16(21)22)13-10-8-7-9-11-13/h7-12,14-15,20H,6H2,1-5H3,(H,21,22)/t12?,14-,15+/m0/s1. The van der Waals surface area contributed by atoms with Crippen molar-refractivity contribution in [2.75, 3.05) is 6.61 Å². The van der Waals surface area contributed by atoms with E-state index in [1.165, 1.54) is 0 Å². The molecule has 3 atom stereocenters. The fraction of sp³-hybridized carbons (Fsp3) is 0.556. The van der Waals surface area contributed by atoms with Crippen LogP contribution >= 0.6 is 0 Å². The van der Waals surface area contributed by atoms with Gasteiger partial charge in [-0.1, -0.05) is 35.4 Å². The molecule has 1 aromatic rings. The van der Waals surface area contributed by atoms with E-state index in [1.54, 1.807) is 65.0 Å². The molecule has 1 aromatic carbocycles. The van der Waals surface area contributed by atoms with Crippen molar-refractivity contribution >= 4 is 12.1 Å². The summed E-state index contributed by atoms with van der Waals surface area (Å²) in [6.45, 7) is 8.63. The van der Waals surface area contributed by atoms with Crippen LogP contribution in [-0.4, -0.2) is 51.9 Å². The van der Waals surface area contributed by atoms with Gasteiger partial charge in [-0.2, -0.15) is 0 Å². The topological polar surface area (TPSA) is 106 Å². The molecule has 0 aliphatic carbocycles. The second-order valence-corrected chi connectivity index (χ2v) is 6.61. The van der Waals surface area contributed by atoms with Crippen LogP contribution in [0.5, 0.6) is 0 Å². The minimum Gasteiger partial charge on any atom is -0.479 e. The summed E-state index contributed by atoms with van der Waals surface area (Å²) in [4.78, 5) is 28.8. The van der Waals surface area contributed by atoms with Crippen molar-refractivity contribution in [3.8, 4) is 0 Å². The van der Waals surface area contributed by atoms with Crippen LogP contribution in [-0.2, 0) is 19.1 Å². The van der Waals surface area contributed by atoms with E-state index in [0.717, 1.165) is 5.06 Å². The van der Waals surface area contributed by atoms with Crippen molar-refractivity contribution in [2.45, 2.75) is 58.6 Å². The van der Waals surface area contributed by atoms with Crippen LogP contribution in [0.2, 0.25) is 0 Å². The zero-order valence-corrected chi connectivity index (χ0v) is 15.7. The Morgan fingerprint density at radius 3 is 2.23 bits per heavy atom. The lowest BCUT2D eigenvalue weighted by atomic mass is 10.0. The number of aliphatic carboxylic acids is 1. The molecule has 2 N–H and O–H groups in total. The van der Waals surface area contributed by atoms with Gasteiger partial charge >= 0.3 is 12.1 Å². The second-order valence-electron chi connectivity index (χ2n) is 6.61. The summed E-state index contributed by atoms with van der Waals surface area (Å²) in [5.41, 5.74) is -0.358. The van der Waals surface area contributed by atoms with Crippen LogP contribution in [0, 0.1) is 0 Å². The number of benzene rings is 1. The Kier molecular flexibility index (Phi) is 8.01. The number of carbonyl (C=O) groups excluding carboxylic acids is 1. The van der Waals surface area contributed by atoms with Gasteiger partial charge in [0.15, 0.2) is 6.10 Å². The number of carboxylic acid groups (broad SMARTS) is 1. The van der Waals surface area contributed by atoms with E-state index in [0.29, 0.717) is 12.2 Å². The van der Waals surface area contributed by atoms with E-state index in [9.17, 15) is 19.8 Å². The number of rotatable bonds is 8. The van der Waals surface area contributed by atoms with Crippen molar-refractivity contribution in [3.05, 3.63) is 35.9 Å². The number of hydrogen-bond donors (Lipinski definition) is 2. The van der Waals surface area contributed by atoms with Crippen molar-refractivity contribution in [2.24, 2.45) is 0 Å². The lowest BCUT2D eigenvalue weighted by Gasteiger charge is -2.35. The van der Waals surface area contributed by atoms with E-state index < -0.39 is 36.1 Å². The van der Waals surface area contributed by atoms with Crippen molar-refractivity contribution in [1.29, 1.82) is 0 Å². The molecule has 0 aliphatic heterocycles. The average Bonchev–Trinajstić information content (AvgIpc) is 2.53. The van der Waals surface area contributed by atoms with E-state index >= 15 is 0 Å². The van der Waals surface area contributed by atoms with Gasteiger partial charge in [0.2, 0.25) is 0 Å². The van der Waals surface area contributed by atoms with E-state index in [2.05, 4.69) is 0 Å². The largest absolute Gasteiger partial charge is 0.528 e. The number of carboxylic acids is 1. The van der Waals surface area contributed by atoms with Crippen LogP contribution in [0.3, 0.4) is 0 Å². The smallest absolute Gasteiger partial charge is 0.479 e. The summed E-state index contributed by atoms with van der Waals surface area (Å²) in [6.07, 6.45) is -3.71. The summed E-state index contributed by atoms with van der Waals surface area (Å²) in [5.74, 6) is -1.46. The minimum absolute atomic E-state index is 0.292. The summed E-state index contributed by atoms with van der Waals surface area (Å²) >= 11 is 0. The van der Waals surface area contributed by atoms with Gasteiger partial charge in [0.05, 0.1) is 0 Å². The molecule has 0 saturated carbocycles. The quantitative estimate of drug-likeness (QED) is 0.409. The Labute approximate surface area is 153 Å². The number of carbonyl (C=O) groups is 2. The van der Waals surface area contributed by atoms with Crippen LogP contribution < -0.4 is 0 Å². The molecule has 0 saturated heterocycles. The maximum absolute atomic E-state index is 12.1. The molecule has 0 heterocycles. The Hall–Kier alpha value is -2.16. The van der Waals surface area contributed by atoms with Crippen LogP contribution in [0.1, 0.15) is 46.2 Å². The number of ether oxygens (including phenoxy) is 2. The Morgan fingerprint density at radius 2 is 1.77 bits per heavy atom. The first-order valence-corrected chi connectivity index (χ1v) is 8.33. The van der Waals surface area contributed by atoms with Gasteiger partial charge in [0, 0.05) is 6.61 Å². The molecule has 8 nitrogen and oxygen atoms in total. The van der Waals surface area contributed by atoms with Crippen molar-refractivity contribution in [3.63, 3.8) is 0 Å². The molecule has 0 amide bonds. The summed E-state index contributed by atoms with van der Waals surface area (Å²) in [5, 5.41) is 20.6. The third-order valence-corrected chi connectivity index (χ3v) is 3.30. The van der Waals surface area contributed by atoms with Crippen LogP contribution in [0.4, 0.5) is 4.79 Å². The highest BCUT2D eigenvalue weighted by atomic mass is 16.8. The molecule has 8 heteroatoms. The molecule has 0 aliphatic rings. The molecule has 0 bridgehead atoms. The predicted octanol–water partition coefficient (Wildman–Crippen LogP) is 2.72. The van der Waals surface area contributed by atoms with Gasteiger partial charge in [-0.3, -0.25) is 0 Å². The summed E-state index contributed by atoms with van der Waals surface area (Å²) in [6, 6.07) is 7.19. The average molecular weight is 369 g/mol. The second kappa shape index (κ2) is 9.51. The predicted molar refractivity (Wildman–Crippen MR) is 93.1 cm³/mol. The molecule has 0 fully saturated rings. The zero-order chi connectivity index (χ0) is 19.9. The Bertz CT molecular complexity index is 585. The fourth-order valence-corrected chi connectivity index (χ4v) is 2.28. The van der Waals surface area contributed by atoms with Gasteiger partial charge in [0.25, 0.3) is 0 Å². The number of hydroxylamine groups is 2. The first-order chi connectivity index (χ1) is 12.1. The Morgan fingerprint density at radius 1 is 1.19 bits per heavy atom. The lowest BCUT2D eigenvalue weighted by Crippen LogP contribution is -2.47.